The van der Waals surface area contributed by atoms with Crippen molar-refractivity contribution in [3.8, 4) is 0 Å². The molecule has 0 aliphatic rings. The van der Waals surface area contributed by atoms with Gasteiger partial charge >= 0.3 is 5.97 Å². The lowest BCUT2D eigenvalue weighted by Gasteiger charge is -1.99. The normalized spacial score (nSPS) is 10.5. The molecule has 0 aliphatic carbocycles. The molecule has 1 aromatic rings. The van der Waals surface area contributed by atoms with Crippen molar-refractivity contribution in [1.29, 1.82) is 0 Å². The summed E-state index contributed by atoms with van der Waals surface area (Å²) in [5.41, 5.74) is 2.85. The maximum atomic E-state index is 10.6. The molecule has 1 rings (SSSR count). The number of aliphatic carboxylic acids is 1. The van der Waals surface area contributed by atoms with E-state index in [1.165, 1.54) is 0 Å². The van der Waals surface area contributed by atoms with Gasteiger partial charge in [-0.3, -0.25) is 9.48 Å². The number of aryl methyl sites for hydroxylation is 1. The summed E-state index contributed by atoms with van der Waals surface area (Å²) >= 11 is 0. The minimum absolute atomic E-state index is 0.0172. The summed E-state index contributed by atoms with van der Waals surface area (Å²) in [6, 6.07) is 0. The SMILES string of the molecule is CCCc1c(C)c(CC(=O)O)nn1C. The van der Waals surface area contributed by atoms with Crippen LogP contribution in [0.4, 0.5) is 0 Å². The second kappa shape index (κ2) is 4.26. The fraction of sp³-hybridized carbons (Fsp3) is 0.600. The topological polar surface area (TPSA) is 55.1 Å². The van der Waals surface area contributed by atoms with E-state index in [-0.39, 0.29) is 6.42 Å². The molecular weight excluding hydrogens is 180 g/mol. The summed E-state index contributed by atoms with van der Waals surface area (Å²) in [5.74, 6) is -0.825. The van der Waals surface area contributed by atoms with Gasteiger partial charge in [-0.25, -0.2) is 0 Å². The van der Waals surface area contributed by atoms with Crippen LogP contribution >= 0.6 is 0 Å². The van der Waals surface area contributed by atoms with Crippen LogP contribution in [0.3, 0.4) is 0 Å². The molecule has 4 nitrogen and oxygen atoms in total. The summed E-state index contributed by atoms with van der Waals surface area (Å²) in [5, 5.41) is 12.9. The standard InChI is InChI=1S/C10H16N2O2/c1-4-5-9-7(2)8(6-10(13)14)11-12(9)3/h4-6H2,1-3H3,(H,13,14). The molecule has 0 amide bonds. The molecule has 0 spiro atoms. The lowest BCUT2D eigenvalue weighted by molar-refractivity contribution is -0.136. The Balaban J connectivity index is 2.97. The molecule has 78 valence electrons. The number of aromatic nitrogens is 2. The first-order chi connectivity index (χ1) is 6.56. The number of carboxylic acids is 1. The van der Waals surface area contributed by atoms with Gasteiger partial charge in [0, 0.05) is 12.7 Å². The largest absolute Gasteiger partial charge is 0.481 e. The second-order valence-corrected chi connectivity index (χ2v) is 3.46. The molecule has 0 aromatic carbocycles. The monoisotopic (exact) mass is 196 g/mol. The van der Waals surface area contributed by atoms with E-state index in [4.69, 9.17) is 5.11 Å². The summed E-state index contributed by atoms with van der Waals surface area (Å²) in [6.07, 6.45) is 2.02. The molecule has 1 aromatic heterocycles. The Morgan fingerprint density at radius 2 is 2.21 bits per heavy atom. The van der Waals surface area contributed by atoms with Crippen molar-refractivity contribution in [2.24, 2.45) is 7.05 Å². The average Bonchev–Trinajstić information content (AvgIpc) is 2.32. The summed E-state index contributed by atoms with van der Waals surface area (Å²) in [7, 11) is 1.86. The van der Waals surface area contributed by atoms with Crippen LogP contribution in [0.2, 0.25) is 0 Å². The van der Waals surface area contributed by atoms with Crippen LogP contribution in [0.15, 0.2) is 0 Å². The second-order valence-electron chi connectivity index (χ2n) is 3.46. The molecule has 0 bridgehead atoms. The average molecular weight is 196 g/mol. The van der Waals surface area contributed by atoms with Crippen molar-refractivity contribution in [3.63, 3.8) is 0 Å². The Morgan fingerprint density at radius 3 is 2.71 bits per heavy atom. The van der Waals surface area contributed by atoms with Crippen LogP contribution in [-0.2, 0) is 24.7 Å². The van der Waals surface area contributed by atoms with E-state index < -0.39 is 5.97 Å². The zero-order valence-electron chi connectivity index (χ0n) is 8.87. The Labute approximate surface area is 83.5 Å². The van der Waals surface area contributed by atoms with Gasteiger partial charge in [0.25, 0.3) is 0 Å². The molecule has 14 heavy (non-hydrogen) atoms. The van der Waals surface area contributed by atoms with Crippen molar-refractivity contribution in [2.75, 3.05) is 0 Å². The molecule has 0 unspecified atom stereocenters. The quantitative estimate of drug-likeness (QED) is 0.789. The number of carbonyl (C=O) groups is 1. The highest BCUT2D eigenvalue weighted by Gasteiger charge is 2.13. The first-order valence-corrected chi connectivity index (χ1v) is 4.79. The predicted octanol–water partition coefficient (Wildman–Crippen LogP) is 1.31. The van der Waals surface area contributed by atoms with Crippen LogP contribution in [0.5, 0.6) is 0 Å². The van der Waals surface area contributed by atoms with Gasteiger partial charge in [-0.1, -0.05) is 13.3 Å². The van der Waals surface area contributed by atoms with Crippen molar-refractivity contribution < 1.29 is 9.90 Å². The van der Waals surface area contributed by atoms with Crippen LogP contribution in [0.25, 0.3) is 0 Å². The van der Waals surface area contributed by atoms with Gasteiger partial charge in [-0.2, -0.15) is 5.10 Å². The molecule has 4 heteroatoms. The molecule has 0 saturated heterocycles. The Bertz CT molecular complexity index is 342. The van der Waals surface area contributed by atoms with E-state index in [0.29, 0.717) is 5.69 Å². The van der Waals surface area contributed by atoms with Gasteiger partial charge in [0.15, 0.2) is 0 Å². The van der Waals surface area contributed by atoms with Crippen LogP contribution in [-0.4, -0.2) is 20.9 Å². The molecule has 0 saturated carbocycles. The van der Waals surface area contributed by atoms with Gasteiger partial charge in [0.05, 0.1) is 12.1 Å². The maximum absolute atomic E-state index is 10.6. The maximum Gasteiger partial charge on any atom is 0.309 e. The predicted molar refractivity (Wildman–Crippen MR) is 53.3 cm³/mol. The highest BCUT2D eigenvalue weighted by atomic mass is 16.4. The van der Waals surface area contributed by atoms with E-state index in [0.717, 1.165) is 24.1 Å². The summed E-state index contributed by atoms with van der Waals surface area (Å²) in [4.78, 5) is 10.6. The fourth-order valence-electron chi connectivity index (χ4n) is 1.62. The number of nitrogens with zero attached hydrogens (tertiary/aromatic N) is 2. The zero-order chi connectivity index (χ0) is 10.7. The van der Waals surface area contributed by atoms with E-state index in [2.05, 4.69) is 12.0 Å². The van der Waals surface area contributed by atoms with Crippen LogP contribution in [0.1, 0.15) is 30.3 Å². The van der Waals surface area contributed by atoms with Crippen molar-refractivity contribution in [3.05, 3.63) is 17.0 Å². The van der Waals surface area contributed by atoms with Crippen molar-refractivity contribution >= 4 is 5.97 Å². The van der Waals surface area contributed by atoms with Gasteiger partial charge in [0.1, 0.15) is 0 Å². The third-order valence-electron chi connectivity index (χ3n) is 2.33. The molecule has 1 N–H and O–H groups in total. The number of hydrogen-bond donors (Lipinski definition) is 1. The van der Waals surface area contributed by atoms with E-state index in [9.17, 15) is 4.79 Å². The van der Waals surface area contributed by atoms with Gasteiger partial charge in [0.2, 0.25) is 0 Å². The minimum Gasteiger partial charge on any atom is -0.481 e. The number of hydrogen-bond acceptors (Lipinski definition) is 2. The number of carboxylic acid groups (broad SMARTS) is 1. The van der Waals surface area contributed by atoms with Crippen LogP contribution < -0.4 is 0 Å². The van der Waals surface area contributed by atoms with E-state index in [1.807, 2.05) is 14.0 Å². The molecule has 0 aliphatic heterocycles. The van der Waals surface area contributed by atoms with Crippen molar-refractivity contribution in [1.82, 2.24) is 9.78 Å². The summed E-state index contributed by atoms with van der Waals surface area (Å²) in [6.45, 7) is 4.04. The van der Waals surface area contributed by atoms with Gasteiger partial charge in [-0.05, 0) is 18.9 Å². The molecular formula is C10H16N2O2. The molecule has 0 atom stereocenters. The molecule has 1 heterocycles. The molecule has 0 fully saturated rings. The Hall–Kier alpha value is -1.32. The number of rotatable bonds is 4. The third-order valence-corrected chi connectivity index (χ3v) is 2.33. The third kappa shape index (κ3) is 2.13. The Kier molecular flexibility index (Phi) is 3.28. The highest BCUT2D eigenvalue weighted by Crippen LogP contribution is 2.14. The Morgan fingerprint density at radius 1 is 1.57 bits per heavy atom. The fourth-order valence-corrected chi connectivity index (χ4v) is 1.62. The zero-order valence-corrected chi connectivity index (χ0v) is 8.87. The first-order valence-electron chi connectivity index (χ1n) is 4.79. The van der Waals surface area contributed by atoms with E-state index in [1.54, 1.807) is 4.68 Å². The molecule has 0 radical (unpaired) electrons. The smallest absolute Gasteiger partial charge is 0.309 e. The lowest BCUT2D eigenvalue weighted by Crippen LogP contribution is -2.02. The highest BCUT2D eigenvalue weighted by molar-refractivity contribution is 5.70. The first kappa shape index (κ1) is 10.8. The van der Waals surface area contributed by atoms with Gasteiger partial charge < -0.3 is 5.11 Å². The van der Waals surface area contributed by atoms with Gasteiger partial charge in [-0.15, -0.1) is 0 Å². The lowest BCUT2D eigenvalue weighted by atomic mass is 10.1. The summed E-state index contributed by atoms with van der Waals surface area (Å²) < 4.78 is 1.79. The van der Waals surface area contributed by atoms with E-state index >= 15 is 0 Å². The van der Waals surface area contributed by atoms with Crippen LogP contribution in [0, 0.1) is 6.92 Å². The van der Waals surface area contributed by atoms with Crippen molar-refractivity contribution in [2.45, 2.75) is 33.1 Å². The minimum atomic E-state index is -0.825.